The van der Waals surface area contributed by atoms with Crippen molar-refractivity contribution in [2.24, 2.45) is 5.41 Å². The van der Waals surface area contributed by atoms with Crippen LogP contribution in [0.4, 0.5) is 5.69 Å². The zero-order valence-corrected chi connectivity index (χ0v) is 14.0. The molecule has 0 aliphatic carbocycles. The molecule has 21 heavy (non-hydrogen) atoms. The molecule has 1 aromatic carbocycles. The van der Waals surface area contributed by atoms with Crippen molar-refractivity contribution in [2.75, 3.05) is 6.54 Å². The standard InChI is InChI=1S/C18H26N2O/c1-12(2)14-8-7-9-15(13(3)4)16(14)20-10-18(5,6)17(21)19-11-20/h7-9,11-13H,10H2,1-6H3/p+1. The molecule has 0 bridgehead atoms. The highest BCUT2D eigenvalue weighted by molar-refractivity contribution is 5.91. The van der Waals surface area contributed by atoms with Crippen LogP contribution in [0.2, 0.25) is 0 Å². The van der Waals surface area contributed by atoms with Gasteiger partial charge in [0.05, 0.1) is 0 Å². The smallest absolute Gasteiger partial charge is 0.246 e. The van der Waals surface area contributed by atoms with Crippen LogP contribution in [-0.4, -0.2) is 23.4 Å². The molecule has 114 valence electrons. The van der Waals surface area contributed by atoms with Gasteiger partial charge in [0.1, 0.15) is 17.6 Å². The number of para-hydroxylation sites is 1. The third-order valence-electron chi connectivity index (χ3n) is 4.16. The second kappa shape index (κ2) is 5.63. The molecule has 1 N–H and O–H groups in total. The van der Waals surface area contributed by atoms with Crippen LogP contribution in [-0.2, 0) is 4.79 Å². The van der Waals surface area contributed by atoms with Gasteiger partial charge in [-0.25, -0.2) is 14.7 Å². The normalized spacial score (nSPS) is 17.9. The first-order valence-corrected chi connectivity index (χ1v) is 7.78. The minimum absolute atomic E-state index is 0.0897. The summed E-state index contributed by atoms with van der Waals surface area (Å²) in [7, 11) is 0. The summed E-state index contributed by atoms with van der Waals surface area (Å²) in [6.07, 6.45) is 1.83. The quantitative estimate of drug-likeness (QED) is 0.843. The van der Waals surface area contributed by atoms with Crippen LogP contribution in [0.15, 0.2) is 18.2 Å². The fourth-order valence-corrected chi connectivity index (χ4v) is 2.86. The molecule has 0 saturated heterocycles. The number of nitrogens with zero attached hydrogens (tertiary/aromatic N) is 1. The van der Waals surface area contributed by atoms with E-state index < -0.39 is 0 Å². The Kier molecular flexibility index (Phi) is 4.22. The predicted octanol–water partition coefficient (Wildman–Crippen LogP) is 3.76. The van der Waals surface area contributed by atoms with E-state index >= 15 is 0 Å². The molecule has 0 atom stereocenters. The number of amides is 1. The van der Waals surface area contributed by atoms with Gasteiger partial charge in [-0.2, -0.15) is 0 Å². The zero-order valence-electron chi connectivity index (χ0n) is 14.0. The lowest BCUT2D eigenvalue weighted by Gasteiger charge is -2.27. The van der Waals surface area contributed by atoms with E-state index in [0.717, 1.165) is 0 Å². The number of hydrogen-bond donors (Lipinski definition) is 1. The van der Waals surface area contributed by atoms with Gasteiger partial charge in [-0.15, -0.1) is 0 Å². The summed E-state index contributed by atoms with van der Waals surface area (Å²) in [6.45, 7) is 13.6. The first-order valence-electron chi connectivity index (χ1n) is 7.78. The predicted molar refractivity (Wildman–Crippen MR) is 87.4 cm³/mol. The largest absolute Gasteiger partial charge is 0.316 e. The molecular weight excluding hydrogens is 260 g/mol. The summed E-state index contributed by atoms with van der Waals surface area (Å²) >= 11 is 0. The molecule has 0 unspecified atom stereocenters. The van der Waals surface area contributed by atoms with E-state index in [1.54, 1.807) is 0 Å². The van der Waals surface area contributed by atoms with E-state index in [2.05, 4.69) is 55.8 Å². The van der Waals surface area contributed by atoms with Crippen LogP contribution >= 0.6 is 0 Å². The van der Waals surface area contributed by atoms with E-state index in [1.165, 1.54) is 16.8 Å². The molecule has 1 aliphatic heterocycles. The average Bonchev–Trinajstić information content (AvgIpc) is 2.40. The monoisotopic (exact) mass is 287 g/mol. The Bertz CT molecular complexity index is 557. The van der Waals surface area contributed by atoms with Crippen molar-refractivity contribution in [2.45, 2.75) is 53.4 Å². The van der Waals surface area contributed by atoms with Gasteiger partial charge < -0.3 is 0 Å². The molecular formula is C18H27N2O+. The second-order valence-electron chi connectivity index (χ2n) is 7.21. The van der Waals surface area contributed by atoms with Crippen LogP contribution in [0, 0.1) is 5.41 Å². The number of carbonyl (C=O) groups is 1. The highest BCUT2D eigenvalue weighted by Crippen LogP contribution is 2.36. The van der Waals surface area contributed by atoms with Crippen molar-refractivity contribution >= 4 is 17.9 Å². The molecule has 3 nitrogen and oxygen atoms in total. The molecule has 0 radical (unpaired) electrons. The summed E-state index contributed by atoms with van der Waals surface area (Å²) in [5.74, 6) is 0.993. The van der Waals surface area contributed by atoms with Crippen LogP contribution in [0.3, 0.4) is 0 Å². The number of carbonyl (C=O) groups excluding carboxylic acids is 1. The minimum Gasteiger partial charge on any atom is -0.246 e. The van der Waals surface area contributed by atoms with Crippen molar-refractivity contribution in [3.8, 4) is 0 Å². The Hall–Kier alpha value is -1.64. The maximum Gasteiger partial charge on any atom is 0.316 e. The number of benzene rings is 1. The van der Waals surface area contributed by atoms with Gasteiger partial charge in [0.2, 0.25) is 6.34 Å². The molecule has 2 rings (SSSR count). The van der Waals surface area contributed by atoms with Crippen molar-refractivity contribution < 1.29 is 9.37 Å². The first kappa shape index (κ1) is 15.7. The number of hydrogen-bond acceptors (Lipinski definition) is 1. The fourth-order valence-electron chi connectivity index (χ4n) is 2.86. The van der Waals surface area contributed by atoms with Crippen molar-refractivity contribution in [3.63, 3.8) is 0 Å². The Morgan fingerprint density at radius 3 is 2.05 bits per heavy atom. The summed E-state index contributed by atoms with van der Waals surface area (Å²) in [4.78, 5) is 12.0. The van der Waals surface area contributed by atoms with Gasteiger partial charge >= 0.3 is 5.91 Å². The van der Waals surface area contributed by atoms with Crippen molar-refractivity contribution in [1.82, 2.24) is 5.32 Å². The fraction of sp³-hybridized carbons (Fsp3) is 0.556. The molecule has 0 saturated carbocycles. The number of rotatable bonds is 3. The second-order valence-corrected chi connectivity index (χ2v) is 7.21. The highest BCUT2D eigenvalue weighted by atomic mass is 16.2. The van der Waals surface area contributed by atoms with Crippen LogP contribution in [0.1, 0.15) is 64.5 Å². The first-order chi connectivity index (χ1) is 9.74. The SMILES string of the molecule is CC(C)c1cccc(C(C)C)c1[N+]1=CNC(=O)C(C)(C)C1. The lowest BCUT2D eigenvalue weighted by molar-refractivity contribution is -0.456. The molecule has 1 amide bonds. The van der Waals surface area contributed by atoms with Crippen molar-refractivity contribution in [1.29, 1.82) is 0 Å². The third-order valence-corrected chi connectivity index (χ3v) is 4.16. The molecule has 1 aliphatic rings. The van der Waals surface area contributed by atoms with E-state index in [-0.39, 0.29) is 11.3 Å². The van der Waals surface area contributed by atoms with Crippen molar-refractivity contribution in [3.05, 3.63) is 29.3 Å². The molecule has 1 heterocycles. The van der Waals surface area contributed by atoms with Gasteiger partial charge in [-0.1, -0.05) is 45.9 Å². The van der Waals surface area contributed by atoms with E-state index in [0.29, 0.717) is 18.4 Å². The van der Waals surface area contributed by atoms with E-state index in [1.807, 2.05) is 20.2 Å². The summed E-state index contributed by atoms with van der Waals surface area (Å²) in [6, 6.07) is 6.54. The maximum atomic E-state index is 12.0. The summed E-state index contributed by atoms with van der Waals surface area (Å²) < 4.78 is 2.21. The van der Waals surface area contributed by atoms with Crippen LogP contribution < -0.4 is 5.32 Å². The minimum atomic E-state index is -0.382. The topological polar surface area (TPSA) is 32.1 Å². The van der Waals surface area contributed by atoms with Gasteiger partial charge in [-0.3, -0.25) is 0 Å². The molecule has 1 aromatic rings. The number of nitrogens with one attached hydrogen (secondary N) is 1. The lowest BCUT2D eigenvalue weighted by atomic mass is 9.88. The van der Waals surface area contributed by atoms with Crippen LogP contribution in [0.25, 0.3) is 0 Å². The van der Waals surface area contributed by atoms with E-state index in [4.69, 9.17) is 0 Å². The Labute approximate surface area is 128 Å². The zero-order chi connectivity index (χ0) is 15.8. The summed E-state index contributed by atoms with van der Waals surface area (Å²) in [5, 5.41) is 2.92. The van der Waals surface area contributed by atoms with Gasteiger partial charge in [-0.05, 0) is 25.7 Å². The molecule has 0 aromatic heterocycles. The Balaban J connectivity index is 2.60. The van der Waals surface area contributed by atoms with E-state index in [9.17, 15) is 4.79 Å². The van der Waals surface area contributed by atoms with Gasteiger partial charge in [0.15, 0.2) is 0 Å². The van der Waals surface area contributed by atoms with Gasteiger partial charge in [0.25, 0.3) is 0 Å². The van der Waals surface area contributed by atoms with Crippen LogP contribution in [0.5, 0.6) is 0 Å². The maximum absolute atomic E-state index is 12.0. The van der Waals surface area contributed by atoms with Gasteiger partial charge in [0, 0.05) is 11.1 Å². The molecule has 3 heteroatoms. The highest BCUT2D eigenvalue weighted by Gasteiger charge is 2.38. The third kappa shape index (κ3) is 3.02. The molecule has 0 spiro atoms. The average molecular weight is 287 g/mol. The summed E-state index contributed by atoms with van der Waals surface area (Å²) in [5.41, 5.74) is 3.55. The lowest BCUT2D eigenvalue weighted by Crippen LogP contribution is -2.48. The Morgan fingerprint density at radius 1 is 1.10 bits per heavy atom. The molecule has 0 fully saturated rings. The Morgan fingerprint density at radius 2 is 1.62 bits per heavy atom.